The minimum Gasteiger partial charge on any atom is -0.352 e. The van der Waals surface area contributed by atoms with Crippen LogP contribution in [0.25, 0.3) is 0 Å². The minimum atomic E-state index is -0.511. The molecule has 2 rings (SSSR count). The molecule has 2 N–H and O–H groups in total. The largest absolute Gasteiger partial charge is 0.352 e. The summed E-state index contributed by atoms with van der Waals surface area (Å²) in [6, 6.07) is 3.98. The van der Waals surface area contributed by atoms with E-state index in [1.54, 1.807) is 0 Å². The van der Waals surface area contributed by atoms with E-state index < -0.39 is 5.82 Å². The molecule has 1 atom stereocenters. The standard InChI is InChI=1S/C12H14ClFN2O.ClH/c13-10-5-9(1-2-11(10)14)12(17)16-7-8-3-4-15-6-8;/h1-2,5,8,15H,3-4,6-7H2,(H,16,17);1H. The molecule has 1 aliphatic heterocycles. The van der Waals surface area contributed by atoms with Crippen molar-refractivity contribution in [2.75, 3.05) is 19.6 Å². The number of carbonyl (C=O) groups excluding carboxylic acids is 1. The highest BCUT2D eigenvalue weighted by Gasteiger charge is 2.16. The van der Waals surface area contributed by atoms with Crippen LogP contribution in [0.4, 0.5) is 4.39 Å². The predicted octanol–water partition coefficient (Wildman–Crippen LogP) is 2.24. The Bertz CT molecular complexity index is 423. The number of hydrogen-bond donors (Lipinski definition) is 2. The first kappa shape index (κ1) is 15.2. The Morgan fingerprint density at radius 1 is 1.56 bits per heavy atom. The molecule has 1 aliphatic rings. The monoisotopic (exact) mass is 292 g/mol. The number of hydrogen-bond acceptors (Lipinski definition) is 2. The van der Waals surface area contributed by atoms with Crippen LogP contribution >= 0.6 is 24.0 Å². The molecule has 1 saturated heterocycles. The van der Waals surface area contributed by atoms with Crippen molar-refractivity contribution < 1.29 is 9.18 Å². The van der Waals surface area contributed by atoms with E-state index in [-0.39, 0.29) is 23.3 Å². The van der Waals surface area contributed by atoms with E-state index in [0.717, 1.165) is 19.5 Å². The van der Waals surface area contributed by atoms with E-state index in [1.165, 1.54) is 18.2 Å². The SMILES string of the molecule is Cl.O=C(NCC1CCNC1)c1ccc(F)c(Cl)c1. The fraction of sp³-hybridized carbons (Fsp3) is 0.417. The van der Waals surface area contributed by atoms with Crippen LogP contribution in [0.15, 0.2) is 18.2 Å². The van der Waals surface area contributed by atoms with Gasteiger partial charge in [0.25, 0.3) is 5.91 Å². The van der Waals surface area contributed by atoms with Gasteiger partial charge in [-0.1, -0.05) is 11.6 Å². The summed E-state index contributed by atoms with van der Waals surface area (Å²) in [6.07, 6.45) is 1.07. The van der Waals surface area contributed by atoms with Crippen molar-refractivity contribution in [3.05, 3.63) is 34.6 Å². The molecule has 1 aromatic carbocycles. The molecular weight excluding hydrogens is 278 g/mol. The van der Waals surface area contributed by atoms with Crippen molar-refractivity contribution in [1.29, 1.82) is 0 Å². The summed E-state index contributed by atoms with van der Waals surface area (Å²) >= 11 is 5.62. The number of nitrogens with one attached hydrogen (secondary N) is 2. The second kappa shape index (κ2) is 6.92. The molecular formula is C12H15Cl2FN2O. The lowest BCUT2D eigenvalue weighted by molar-refractivity contribution is 0.0948. The van der Waals surface area contributed by atoms with Crippen LogP contribution in [-0.2, 0) is 0 Å². The molecule has 100 valence electrons. The lowest BCUT2D eigenvalue weighted by Crippen LogP contribution is -2.30. The Morgan fingerprint density at radius 2 is 2.33 bits per heavy atom. The highest BCUT2D eigenvalue weighted by molar-refractivity contribution is 6.31. The highest BCUT2D eigenvalue weighted by Crippen LogP contribution is 2.16. The van der Waals surface area contributed by atoms with Crippen LogP contribution < -0.4 is 10.6 Å². The molecule has 0 aromatic heterocycles. The first-order chi connectivity index (χ1) is 8.16. The smallest absolute Gasteiger partial charge is 0.251 e. The maximum absolute atomic E-state index is 12.9. The van der Waals surface area contributed by atoms with Crippen molar-refractivity contribution in [2.24, 2.45) is 5.92 Å². The topological polar surface area (TPSA) is 41.1 Å². The quantitative estimate of drug-likeness (QED) is 0.897. The maximum atomic E-state index is 12.9. The average Bonchev–Trinajstić information content (AvgIpc) is 2.82. The van der Waals surface area contributed by atoms with Crippen LogP contribution in [0.1, 0.15) is 16.8 Å². The van der Waals surface area contributed by atoms with Gasteiger partial charge in [0.1, 0.15) is 5.82 Å². The fourth-order valence-electron chi connectivity index (χ4n) is 1.87. The lowest BCUT2D eigenvalue weighted by atomic mass is 10.1. The highest BCUT2D eigenvalue weighted by atomic mass is 35.5. The Labute approximate surface area is 116 Å². The van der Waals surface area contributed by atoms with Crippen molar-refractivity contribution >= 4 is 29.9 Å². The van der Waals surface area contributed by atoms with Gasteiger partial charge in [-0.3, -0.25) is 4.79 Å². The Balaban J connectivity index is 0.00000162. The summed E-state index contributed by atoms with van der Waals surface area (Å²) in [4.78, 5) is 11.8. The van der Waals surface area contributed by atoms with E-state index in [0.29, 0.717) is 18.0 Å². The van der Waals surface area contributed by atoms with E-state index in [4.69, 9.17) is 11.6 Å². The van der Waals surface area contributed by atoms with Gasteiger partial charge >= 0.3 is 0 Å². The number of rotatable bonds is 3. The molecule has 1 heterocycles. The van der Waals surface area contributed by atoms with Gasteiger partial charge in [-0.2, -0.15) is 0 Å². The van der Waals surface area contributed by atoms with Crippen LogP contribution in [0, 0.1) is 11.7 Å². The van der Waals surface area contributed by atoms with E-state index in [2.05, 4.69) is 10.6 Å². The number of halogens is 3. The number of benzene rings is 1. The second-order valence-corrected chi connectivity index (χ2v) is 4.60. The maximum Gasteiger partial charge on any atom is 0.251 e. The molecule has 1 amide bonds. The normalized spacial score (nSPS) is 18.2. The van der Waals surface area contributed by atoms with Crippen molar-refractivity contribution in [1.82, 2.24) is 10.6 Å². The summed E-state index contributed by atoms with van der Waals surface area (Å²) in [5.74, 6) is -0.239. The molecule has 0 radical (unpaired) electrons. The van der Waals surface area contributed by atoms with E-state index in [9.17, 15) is 9.18 Å². The summed E-state index contributed by atoms with van der Waals surface area (Å²) in [5.41, 5.74) is 0.391. The third kappa shape index (κ3) is 3.83. The van der Waals surface area contributed by atoms with Gasteiger partial charge in [-0.25, -0.2) is 4.39 Å². The van der Waals surface area contributed by atoms with Crippen LogP contribution in [0.2, 0.25) is 5.02 Å². The molecule has 0 bridgehead atoms. The zero-order chi connectivity index (χ0) is 12.3. The number of carbonyl (C=O) groups is 1. The van der Waals surface area contributed by atoms with Crippen molar-refractivity contribution in [3.63, 3.8) is 0 Å². The Kier molecular flexibility index (Phi) is 5.85. The summed E-state index contributed by atoms with van der Waals surface area (Å²) < 4.78 is 12.9. The van der Waals surface area contributed by atoms with Crippen molar-refractivity contribution in [3.8, 4) is 0 Å². The Hall–Kier alpha value is -0.840. The molecule has 0 aliphatic carbocycles. The van der Waals surface area contributed by atoms with Crippen LogP contribution in [0.5, 0.6) is 0 Å². The van der Waals surface area contributed by atoms with Gasteiger partial charge in [0.15, 0.2) is 0 Å². The molecule has 1 unspecified atom stereocenters. The van der Waals surface area contributed by atoms with E-state index >= 15 is 0 Å². The van der Waals surface area contributed by atoms with Gasteiger partial charge in [-0.15, -0.1) is 12.4 Å². The Morgan fingerprint density at radius 3 is 2.94 bits per heavy atom. The molecule has 6 heteroatoms. The van der Waals surface area contributed by atoms with Gasteiger partial charge < -0.3 is 10.6 Å². The molecule has 0 spiro atoms. The van der Waals surface area contributed by atoms with Crippen LogP contribution in [-0.4, -0.2) is 25.5 Å². The average molecular weight is 293 g/mol. The first-order valence-corrected chi connectivity index (χ1v) is 5.98. The second-order valence-electron chi connectivity index (χ2n) is 4.20. The molecule has 18 heavy (non-hydrogen) atoms. The lowest BCUT2D eigenvalue weighted by Gasteiger charge is -2.10. The zero-order valence-corrected chi connectivity index (χ0v) is 11.3. The number of amides is 1. The summed E-state index contributed by atoms with van der Waals surface area (Å²) in [7, 11) is 0. The summed E-state index contributed by atoms with van der Waals surface area (Å²) in [5, 5.41) is 6.03. The zero-order valence-electron chi connectivity index (χ0n) is 9.71. The van der Waals surface area contributed by atoms with Gasteiger partial charge in [-0.05, 0) is 43.6 Å². The molecule has 0 saturated carbocycles. The molecule has 1 fully saturated rings. The van der Waals surface area contributed by atoms with Gasteiger partial charge in [0, 0.05) is 12.1 Å². The van der Waals surface area contributed by atoms with Gasteiger partial charge in [0.05, 0.1) is 5.02 Å². The van der Waals surface area contributed by atoms with Crippen LogP contribution in [0.3, 0.4) is 0 Å². The van der Waals surface area contributed by atoms with E-state index in [1.807, 2.05) is 0 Å². The fourth-order valence-corrected chi connectivity index (χ4v) is 2.05. The molecule has 1 aromatic rings. The predicted molar refractivity (Wildman–Crippen MR) is 72.0 cm³/mol. The third-order valence-electron chi connectivity index (χ3n) is 2.90. The van der Waals surface area contributed by atoms with Crippen molar-refractivity contribution in [2.45, 2.75) is 6.42 Å². The minimum absolute atomic E-state index is 0. The molecule has 3 nitrogen and oxygen atoms in total. The first-order valence-electron chi connectivity index (χ1n) is 5.61. The summed E-state index contributed by atoms with van der Waals surface area (Å²) in [6.45, 7) is 2.58. The van der Waals surface area contributed by atoms with Gasteiger partial charge in [0.2, 0.25) is 0 Å². The third-order valence-corrected chi connectivity index (χ3v) is 3.19.